The van der Waals surface area contributed by atoms with E-state index in [9.17, 15) is 14.7 Å². The summed E-state index contributed by atoms with van der Waals surface area (Å²) >= 11 is 0. The standard InChI is InChI=1S/C20H18O4/c1-20-6-2-3-10-9-24-19(17(10)20)18(23)13-7-11-12(8-14(13)20)16(22)5-4-15(11)21/h7-9,16,22H,2-6H2,1H3/t16-,20+/m1/s1. The van der Waals surface area contributed by atoms with Crippen LogP contribution in [0.5, 0.6) is 0 Å². The van der Waals surface area contributed by atoms with Gasteiger partial charge in [0.25, 0.3) is 0 Å². The molecule has 4 heteroatoms. The first-order valence-electron chi connectivity index (χ1n) is 8.56. The Kier molecular flexibility index (Phi) is 2.63. The molecule has 0 unspecified atom stereocenters. The average molecular weight is 322 g/mol. The van der Waals surface area contributed by atoms with E-state index in [0.717, 1.165) is 36.0 Å². The lowest BCUT2D eigenvalue weighted by Gasteiger charge is -2.39. The fraction of sp³-hybridized carbons (Fsp3) is 0.400. The summed E-state index contributed by atoms with van der Waals surface area (Å²) in [5, 5.41) is 10.4. The number of benzene rings is 1. The molecule has 4 nitrogen and oxygen atoms in total. The molecule has 1 aromatic heterocycles. The van der Waals surface area contributed by atoms with E-state index in [0.29, 0.717) is 35.3 Å². The molecule has 0 amide bonds. The molecule has 0 aliphatic heterocycles. The molecule has 0 spiro atoms. The van der Waals surface area contributed by atoms with Crippen LogP contribution in [0.2, 0.25) is 0 Å². The van der Waals surface area contributed by atoms with Gasteiger partial charge in [-0.1, -0.05) is 13.0 Å². The Morgan fingerprint density at radius 3 is 2.88 bits per heavy atom. The van der Waals surface area contributed by atoms with Crippen molar-refractivity contribution in [2.24, 2.45) is 0 Å². The van der Waals surface area contributed by atoms with Crippen molar-refractivity contribution in [2.75, 3.05) is 0 Å². The molecule has 1 aromatic carbocycles. The Hall–Kier alpha value is -2.20. The number of carbonyl (C=O) groups excluding carboxylic acids is 2. The molecule has 24 heavy (non-hydrogen) atoms. The smallest absolute Gasteiger partial charge is 0.228 e. The summed E-state index contributed by atoms with van der Waals surface area (Å²) in [6, 6.07) is 3.61. The highest BCUT2D eigenvalue weighted by Gasteiger charge is 2.46. The molecule has 0 radical (unpaired) electrons. The van der Waals surface area contributed by atoms with E-state index in [1.807, 2.05) is 6.07 Å². The maximum absolute atomic E-state index is 13.0. The van der Waals surface area contributed by atoms with E-state index in [1.165, 1.54) is 0 Å². The van der Waals surface area contributed by atoms with Gasteiger partial charge in [-0.05, 0) is 48.4 Å². The number of aliphatic hydroxyl groups is 1. The molecular formula is C20H18O4. The van der Waals surface area contributed by atoms with Gasteiger partial charge in [0.2, 0.25) is 5.78 Å². The van der Waals surface area contributed by atoms with Crippen LogP contribution in [0.3, 0.4) is 0 Å². The number of aryl methyl sites for hydroxylation is 1. The third-order valence-corrected chi connectivity index (χ3v) is 6.08. The number of aliphatic hydroxyl groups excluding tert-OH is 1. The SMILES string of the molecule is C[C@@]12CCCc3coc(c31)C(=O)c1cc3c(cc12)[C@H](O)CCC3=O. The van der Waals surface area contributed by atoms with Crippen molar-refractivity contribution in [3.05, 3.63) is 57.5 Å². The van der Waals surface area contributed by atoms with Gasteiger partial charge in [0, 0.05) is 28.5 Å². The third kappa shape index (κ3) is 1.57. The maximum atomic E-state index is 13.0. The molecule has 0 saturated carbocycles. The Balaban J connectivity index is 1.84. The minimum atomic E-state index is -0.629. The lowest BCUT2D eigenvalue weighted by molar-refractivity contribution is 0.0896. The number of Topliss-reactive ketones (excluding diaryl/α,β-unsaturated/α-hetero) is 1. The van der Waals surface area contributed by atoms with Gasteiger partial charge in [-0.3, -0.25) is 9.59 Å². The summed E-state index contributed by atoms with van der Waals surface area (Å²) in [5.74, 6) is 0.301. The van der Waals surface area contributed by atoms with Gasteiger partial charge in [-0.15, -0.1) is 0 Å². The van der Waals surface area contributed by atoms with Crippen LogP contribution in [-0.4, -0.2) is 16.7 Å². The minimum Gasteiger partial charge on any atom is -0.460 e. The highest BCUT2D eigenvalue weighted by atomic mass is 16.3. The lowest BCUT2D eigenvalue weighted by Crippen LogP contribution is -2.36. The van der Waals surface area contributed by atoms with Crippen LogP contribution in [0.1, 0.15) is 87.4 Å². The number of rotatable bonds is 0. The second-order valence-electron chi connectivity index (χ2n) is 7.44. The lowest BCUT2D eigenvalue weighted by atomic mass is 9.62. The summed E-state index contributed by atoms with van der Waals surface area (Å²) in [4.78, 5) is 25.2. The Morgan fingerprint density at radius 2 is 2.04 bits per heavy atom. The summed E-state index contributed by atoms with van der Waals surface area (Å²) in [5.41, 5.74) is 4.53. The van der Waals surface area contributed by atoms with E-state index < -0.39 is 6.10 Å². The molecule has 0 saturated heterocycles. The van der Waals surface area contributed by atoms with Gasteiger partial charge in [-0.25, -0.2) is 0 Å². The van der Waals surface area contributed by atoms with Crippen LogP contribution in [0.4, 0.5) is 0 Å². The van der Waals surface area contributed by atoms with Crippen molar-refractivity contribution >= 4 is 11.6 Å². The van der Waals surface area contributed by atoms with Gasteiger partial charge >= 0.3 is 0 Å². The average Bonchev–Trinajstić information content (AvgIpc) is 3.02. The zero-order valence-corrected chi connectivity index (χ0v) is 13.5. The van der Waals surface area contributed by atoms with Crippen molar-refractivity contribution < 1.29 is 19.1 Å². The van der Waals surface area contributed by atoms with Crippen LogP contribution >= 0.6 is 0 Å². The molecule has 2 atom stereocenters. The van der Waals surface area contributed by atoms with Crippen molar-refractivity contribution in [3.8, 4) is 0 Å². The topological polar surface area (TPSA) is 67.5 Å². The zero-order chi connectivity index (χ0) is 16.6. The van der Waals surface area contributed by atoms with Gasteiger partial charge in [0.05, 0.1) is 12.4 Å². The monoisotopic (exact) mass is 322 g/mol. The quantitative estimate of drug-likeness (QED) is 0.806. The molecule has 3 aliphatic carbocycles. The number of hydrogen-bond donors (Lipinski definition) is 1. The molecule has 1 heterocycles. The Labute approximate surface area is 139 Å². The summed E-state index contributed by atoms with van der Waals surface area (Å²) in [7, 11) is 0. The van der Waals surface area contributed by atoms with E-state index in [2.05, 4.69) is 6.92 Å². The summed E-state index contributed by atoms with van der Waals surface area (Å²) in [6.45, 7) is 2.15. The molecule has 5 rings (SSSR count). The van der Waals surface area contributed by atoms with Gasteiger partial charge in [-0.2, -0.15) is 0 Å². The number of fused-ring (bicyclic) bond motifs is 3. The normalized spacial score (nSPS) is 27.5. The number of furan rings is 1. The van der Waals surface area contributed by atoms with Crippen LogP contribution < -0.4 is 0 Å². The van der Waals surface area contributed by atoms with Gasteiger partial charge < -0.3 is 9.52 Å². The first kappa shape index (κ1) is 14.2. The molecule has 0 fully saturated rings. The van der Waals surface area contributed by atoms with Crippen LogP contribution in [0.25, 0.3) is 0 Å². The van der Waals surface area contributed by atoms with Gasteiger partial charge in [0.15, 0.2) is 11.5 Å². The largest absolute Gasteiger partial charge is 0.460 e. The van der Waals surface area contributed by atoms with Gasteiger partial charge in [0.1, 0.15) is 0 Å². The van der Waals surface area contributed by atoms with Crippen LogP contribution in [0, 0.1) is 0 Å². The predicted octanol–water partition coefficient (Wildman–Crippen LogP) is 3.48. The first-order valence-corrected chi connectivity index (χ1v) is 8.56. The molecule has 0 bridgehead atoms. The predicted molar refractivity (Wildman–Crippen MR) is 86.5 cm³/mol. The first-order chi connectivity index (χ1) is 11.5. The zero-order valence-electron chi connectivity index (χ0n) is 13.5. The van der Waals surface area contributed by atoms with Crippen molar-refractivity contribution in [3.63, 3.8) is 0 Å². The number of ketones is 2. The van der Waals surface area contributed by atoms with Crippen molar-refractivity contribution in [1.29, 1.82) is 0 Å². The fourth-order valence-electron chi connectivity index (χ4n) is 4.83. The fourth-order valence-corrected chi connectivity index (χ4v) is 4.83. The number of carbonyl (C=O) groups is 2. The molecular weight excluding hydrogens is 304 g/mol. The maximum Gasteiger partial charge on any atom is 0.228 e. The van der Waals surface area contributed by atoms with Crippen molar-refractivity contribution in [2.45, 2.75) is 50.5 Å². The van der Waals surface area contributed by atoms with E-state index in [1.54, 1.807) is 12.3 Å². The third-order valence-electron chi connectivity index (χ3n) is 6.08. The highest BCUT2D eigenvalue weighted by molar-refractivity contribution is 6.13. The summed E-state index contributed by atoms with van der Waals surface area (Å²) in [6.07, 6.45) is 4.78. The number of hydrogen-bond acceptors (Lipinski definition) is 4. The van der Waals surface area contributed by atoms with E-state index >= 15 is 0 Å². The Bertz CT molecular complexity index is 920. The van der Waals surface area contributed by atoms with E-state index in [-0.39, 0.29) is 17.0 Å². The summed E-state index contributed by atoms with van der Waals surface area (Å²) < 4.78 is 5.63. The van der Waals surface area contributed by atoms with E-state index in [4.69, 9.17) is 4.42 Å². The molecule has 122 valence electrons. The molecule has 3 aliphatic rings. The van der Waals surface area contributed by atoms with Crippen LogP contribution in [-0.2, 0) is 11.8 Å². The molecule has 2 aromatic rings. The highest BCUT2D eigenvalue weighted by Crippen LogP contribution is 2.51. The van der Waals surface area contributed by atoms with Crippen molar-refractivity contribution in [1.82, 2.24) is 0 Å². The second-order valence-corrected chi connectivity index (χ2v) is 7.44. The van der Waals surface area contributed by atoms with Crippen LogP contribution in [0.15, 0.2) is 22.8 Å². The minimum absolute atomic E-state index is 0.00521. The second kappa shape index (κ2) is 4.45. The Morgan fingerprint density at radius 1 is 1.21 bits per heavy atom. The molecule has 1 N–H and O–H groups in total.